The minimum Gasteiger partial charge on any atom is -0.445 e. The van der Waals surface area contributed by atoms with Crippen molar-refractivity contribution < 1.29 is 57.4 Å². The number of carbonyl (C=O) groups is 9. The van der Waals surface area contributed by atoms with Crippen molar-refractivity contribution in [1.29, 1.82) is 0 Å². The summed E-state index contributed by atoms with van der Waals surface area (Å²) in [4.78, 5) is 134. The van der Waals surface area contributed by atoms with Crippen LogP contribution >= 0.6 is 11.3 Å². The van der Waals surface area contributed by atoms with Crippen molar-refractivity contribution in [2.24, 2.45) is 58.8 Å². The highest BCUT2D eigenvalue weighted by atomic mass is 32.1. The molecule has 1 aromatic heterocycles. The maximum absolute atomic E-state index is 14.9. The zero-order valence-electron chi connectivity index (χ0n) is 57.3. The van der Waals surface area contributed by atoms with E-state index in [4.69, 9.17) is 25.7 Å². The van der Waals surface area contributed by atoms with E-state index in [1.54, 1.807) is 68.0 Å². The molecule has 21 nitrogen and oxygen atoms in total. The first-order valence-electron chi connectivity index (χ1n) is 33.2. The van der Waals surface area contributed by atoms with Gasteiger partial charge in [0, 0.05) is 108 Å². The molecule has 7 N–H and O–H groups in total. The van der Waals surface area contributed by atoms with E-state index in [-0.39, 0.29) is 122 Å². The quantitative estimate of drug-likeness (QED) is 0.0331. The van der Waals surface area contributed by atoms with Crippen molar-refractivity contribution in [2.45, 2.75) is 202 Å². The standard InChI is InChI=1S/C70H109N9O12S/c1-15-46(8)63(59(89-13)41-60(83)79-35-22-27-55(79)64(90-14)48(10)56(80)39-52(67-73-34-36-92-67)37-49-24-17-16-18-25-49)77(11)68(86)54(43(2)3)40-58(82)62(45(6)7)78(12)70(88)91-42-50-28-30-53(31-29-50)75-66(85)51(26-21-33-74-69(72)87)38-57(81)61(44(4)5)76-65(84)47(9)23-19-20-32-71/h16-18,24-25,28-31,34,36,43-48,51-52,54-55,59,61-64H,15,19-23,26-27,32-33,35,37-42,71H2,1-14H3,(H,75,85)(H,76,84)(H3,72,74,87)/t46-,47-,48-,51+,52+,54-,55-,59+,61-,62-,63-,64+/m0/s1. The fraction of sp³-hybridized carbons (Fsp3) is 0.657. The second-order valence-electron chi connectivity index (χ2n) is 26.3. The number of methoxy groups -OCH3 is 2. The smallest absolute Gasteiger partial charge is 0.410 e. The van der Waals surface area contributed by atoms with Crippen LogP contribution in [0.1, 0.15) is 168 Å². The number of benzene rings is 2. The van der Waals surface area contributed by atoms with E-state index in [1.807, 2.05) is 97.7 Å². The summed E-state index contributed by atoms with van der Waals surface area (Å²) in [5.41, 5.74) is 13.0. The molecule has 0 saturated carbocycles. The van der Waals surface area contributed by atoms with Gasteiger partial charge in [0.1, 0.15) is 12.4 Å². The number of likely N-dealkylation sites (N-methyl/N-ethyl adjacent to an activating group) is 2. The Bertz CT molecular complexity index is 2800. The Balaban J connectivity index is 1.41. The molecule has 7 amide bonds. The molecule has 1 aliphatic heterocycles. The summed E-state index contributed by atoms with van der Waals surface area (Å²) in [5, 5.41) is 11.1. The van der Waals surface area contributed by atoms with Gasteiger partial charge in [-0.15, -0.1) is 11.3 Å². The Morgan fingerprint density at radius 2 is 1.43 bits per heavy atom. The minimum atomic E-state index is -0.946. The van der Waals surface area contributed by atoms with Gasteiger partial charge in [-0.25, -0.2) is 14.6 Å². The van der Waals surface area contributed by atoms with E-state index in [1.165, 1.54) is 11.9 Å². The number of thiazole rings is 1. The van der Waals surface area contributed by atoms with E-state index in [9.17, 15) is 43.2 Å². The SMILES string of the molecule is CC[C@H](C)[C@@H]([C@@H](CC(=O)N1CCC[C@H]1[C@H](OC)[C@@H](C)C(=O)C[C@@H](Cc1ccccc1)c1nccs1)OC)N(C)C(=O)[C@@H](CC(=O)[C@H](C(C)C)N(C)C(=O)OCc1ccc(NC(=O)[C@H](CCCNC(N)=O)CC(=O)[C@@H](NC(=O)[C@@H](C)CCCCN)C(C)C)cc1)C(C)C. The van der Waals surface area contributed by atoms with Gasteiger partial charge in [-0.3, -0.25) is 33.6 Å². The Kier molecular flexibility index (Phi) is 33.1. The first-order valence-corrected chi connectivity index (χ1v) is 34.0. The van der Waals surface area contributed by atoms with Gasteiger partial charge in [-0.05, 0) is 98.4 Å². The predicted octanol–water partition coefficient (Wildman–Crippen LogP) is 9.74. The number of unbranched alkanes of at least 4 members (excludes halogenated alkanes) is 1. The van der Waals surface area contributed by atoms with Crippen LogP contribution in [-0.2, 0) is 60.8 Å². The number of rotatable bonds is 41. The van der Waals surface area contributed by atoms with E-state index in [0.29, 0.717) is 56.4 Å². The van der Waals surface area contributed by atoms with Gasteiger partial charge in [0.15, 0.2) is 11.6 Å². The number of urea groups is 1. The number of nitrogens with zero attached hydrogens (tertiary/aromatic N) is 4. The molecule has 12 atom stereocenters. The Labute approximate surface area is 551 Å². The van der Waals surface area contributed by atoms with Crippen molar-refractivity contribution in [1.82, 2.24) is 30.3 Å². The highest BCUT2D eigenvalue weighted by molar-refractivity contribution is 7.09. The van der Waals surface area contributed by atoms with Gasteiger partial charge in [0.25, 0.3) is 0 Å². The van der Waals surface area contributed by atoms with Crippen LogP contribution < -0.4 is 27.4 Å². The summed E-state index contributed by atoms with van der Waals surface area (Å²) in [6.45, 7) is 19.9. The van der Waals surface area contributed by atoms with Crippen molar-refractivity contribution in [3.8, 4) is 0 Å². The number of hydrogen-bond donors (Lipinski definition) is 5. The lowest BCUT2D eigenvalue weighted by Crippen LogP contribution is -2.54. The molecule has 0 radical (unpaired) electrons. The molecular formula is C70H109N9O12S. The average molecular weight is 1300 g/mol. The molecule has 0 aliphatic carbocycles. The largest absolute Gasteiger partial charge is 0.445 e. The molecule has 2 heterocycles. The number of amides is 7. The van der Waals surface area contributed by atoms with Crippen molar-refractivity contribution in [3.05, 3.63) is 82.3 Å². The van der Waals surface area contributed by atoms with Gasteiger partial charge in [-0.1, -0.05) is 125 Å². The first kappa shape index (κ1) is 77.8. The zero-order chi connectivity index (χ0) is 68.4. The van der Waals surface area contributed by atoms with Gasteiger partial charge in [0.05, 0.1) is 47.8 Å². The van der Waals surface area contributed by atoms with Crippen LogP contribution in [0, 0.1) is 47.3 Å². The molecule has 512 valence electrons. The maximum atomic E-state index is 14.9. The van der Waals surface area contributed by atoms with E-state index < -0.39 is 66.1 Å². The fourth-order valence-electron chi connectivity index (χ4n) is 12.8. The molecule has 0 unspecified atom stereocenters. The number of hydrogen-bond acceptors (Lipinski definition) is 15. The summed E-state index contributed by atoms with van der Waals surface area (Å²) in [5.74, 6) is -5.22. The van der Waals surface area contributed by atoms with Crippen molar-refractivity contribution >= 4 is 70.1 Å². The lowest BCUT2D eigenvalue weighted by Gasteiger charge is -2.41. The molecule has 2 aromatic carbocycles. The Morgan fingerprint density at radius 1 is 0.750 bits per heavy atom. The van der Waals surface area contributed by atoms with E-state index in [0.717, 1.165) is 29.8 Å². The maximum Gasteiger partial charge on any atom is 0.410 e. The normalized spacial score (nSPS) is 16.9. The summed E-state index contributed by atoms with van der Waals surface area (Å²) in [7, 11) is 6.35. The van der Waals surface area contributed by atoms with Gasteiger partial charge < -0.3 is 56.3 Å². The summed E-state index contributed by atoms with van der Waals surface area (Å²) in [6.07, 6.45) is 5.21. The summed E-state index contributed by atoms with van der Waals surface area (Å²) >= 11 is 1.54. The molecule has 22 heteroatoms. The second kappa shape index (κ2) is 39.2. The number of Topliss-reactive ketones (excluding diaryl/α,β-unsaturated/α-hetero) is 3. The van der Waals surface area contributed by atoms with E-state index >= 15 is 0 Å². The number of ether oxygens (including phenoxy) is 3. The second-order valence-corrected chi connectivity index (χ2v) is 27.2. The molecular weight excluding hydrogens is 1190 g/mol. The molecule has 4 rings (SSSR count). The highest BCUT2D eigenvalue weighted by Gasteiger charge is 2.44. The number of anilines is 1. The number of primary amides is 1. The number of carbonyl (C=O) groups excluding carboxylic acids is 9. The Hall–Kier alpha value is -6.62. The van der Waals surface area contributed by atoms with Gasteiger partial charge in [0.2, 0.25) is 23.6 Å². The van der Waals surface area contributed by atoms with E-state index in [2.05, 4.69) is 33.1 Å². The molecule has 0 bridgehead atoms. The van der Waals surface area contributed by atoms with Crippen LogP contribution in [0.3, 0.4) is 0 Å². The predicted molar refractivity (Wildman–Crippen MR) is 359 cm³/mol. The molecule has 1 saturated heterocycles. The lowest BCUT2D eigenvalue weighted by atomic mass is 9.83. The number of ketones is 3. The number of nitrogens with two attached hydrogens (primary N) is 2. The van der Waals surface area contributed by atoms with Crippen LogP contribution in [0.5, 0.6) is 0 Å². The minimum absolute atomic E-state index is 0.0285. The van der Waals surface area contributed by atoms with Crippen LogP contribution in [0.4, 0.5) is 15.3 Å². The number of nitrogens with one attached hydrogen (secondary N) is 3. The van der Waals surface area contributed by atoms with Crippen LogP contribution in [0.25, 0.3) is 0 Å². The van der Waals surface area contributed by atoms with Crippen LogP contribution in [-0.4, -0.2) is 157 Å². The molecule has 92 heavy (non-hydrogen) atoms. The third kappa shape index (κ3) is 23.4. The monoisotopic (exact) mass is 1300 g/mol. The fourth-order valence-corrected chi connectivity index (χ4v) is 13.5. The Morgan fingerprint density at radius 3 is 2.01 bits per heavy atom. The van der Waals surface area contributed by atoms with Crippen molar-refractivity contribution in [3.63, 3.8) is 0 Å². The number of aromatic nitrogens is 1. The lowest BCUT2D eigenvalue weighted by molar-refractivity contribution is -0.149. The topological polar surface area (TPSA) is 292 Å². The molecule has 3 aromatic rings. The average Bonchev–Trinajstić information content (AvgIpc) is 1.40. The zero-order valence-corrected chi connectivity index (χ0v) is 58.1. The summed E-state index contributed by atoms with van der Waals surface area (Å²) < 4.78 is 18.0. The number of likely N-dealkylation sites (tertiary alicyclic amines) is 1. The molecule has 1 aliphatic rings. The van der Waals surface area contributed by atoms with Gasteiger partial charge >= 0.3 is 12.1 Å². The van der Waals surface area contributed by atoms with Crippen LogP contribution in [0.2, 0.25) is 0 Å². The van der Waals surface area contributed by atoms with Gasteiger partial charge in [-0.2, -0.15) is 0 Å². The highest BCUT2D eigenvalue weighted by Crippen LogP contribution is 2.34. The van der Waals surface area contributed by atoms with Crippen molar-refractivity contribution in [2.75, 3.05) is 53.3 Å². The molecule has 0 spiro atoms. The van der Waals surface area contributed by atoms with Crippen LogP contribution in [0.15, 0.2) is 66.2 Å². The summed E-state index contributed by atoms with van der Waals surface area (Å²) in [6, 6.07) is 13.3. The molecule has 1 fully saturated rings. The third-order valence-corrected chi connectivity index (χ3v) is 19.4. The third-order valence-electron chi connectivity index (χ3n) is 18.4. The first-order chi connectivity index (χ1) is 43.7.